The summed E-state index contributed by atoms with van der Waals surface area (Å²) < 4.78 is 17.0. The molecule has 2 fully saturated rings. The number of anilines is 2. The molecule has 3 aliphatic rings. The SMILES string of the molecule is COc1ccc2ccc(OCC3CCN(CC4CN(c5ccc6c(c5)NC(=O)CS6)C(=O)O4)CC3)nc2c1. The minimum absolute atomic E-state index is 0.0236. The van der Waals surface area contributed by atoms with E-state index in [-0.39, 0.29) is 18.1 Å². The molecule has 1 aromatic heterocycles. The van der Waals surface area contributed by atoms with Gasteiger partial charge in [0.25, 0.3) is 0 Å². The first-order valence-corrected chi connectivity index (χ1v) is 13.9. The lowest BCUT2D eigenvalue weighted by atomic mass is 9.97. The van der Waals surface area contributed by atoms with Crippen LogP contribution in [0.1, 0.15) is 12.8 Å². The highest BCUT2D eigenvalue weighted by Crippen LogP contribution is 2.35. The fourth-order valence-electron chi connectivity index (χ4n) is 5.18. The molecule has 2 amide bonds. The molecule has 9 nitrogen and oxygen atoms in total. The Hall–Kier alpha value is -3.50. The summed E-state index contributed by atoms with van der Waals surface area (Å²) in [6, 6.07) is 15.5. The van der Waals surface area contributed by atoms with Gasteiger partial charge in [0.15, 0.2) is 0 Å². The van der Waals surface area contributed by atoms with E-state index in [1.807, 2.05) is 48.5 Å². The standard InChI is InChI=1S/C28H30N4O5S/c1-35-21-5-2-19-3-7-27(30-23(19)13-21)36-16-18-8-10-31(11-9-18)14-22-15-32(28(34)37-22)20-4-6-25-24(12-20)29-26(33)17-38-25/h2-7,12-13,18,22H,8-11,14-17H2,1H3,(H,29,33). The number of cyclic esters (lactones) is 1. The molecule has 1 atom stereocenters. The molecule has 2 aromatic carbocycles. The zero-order valence-corrected chi connectivity index (χ0v) is 22.0. The van der Waals surface area contributed by atoms with Crippen LogP contribution < -0.4 is 19.7 Å². The van der Waals surface area contributed by atoms with Crippen LogP contribution in [0, 0.1) is 5.92 Å². The Morgan fingerprint density at radius 2 is 1.95 bits per heavy atom. The summed E-state index contributed by atoms with van der Waals surface area (Å²) in [6.07, 6.45) is 1.52. The Morgan fingerprint density at radius 1 is 1.11 bits per heavy atom. The molecular formula is C28H30N4O5S. The first-order chi connectivity index (χ1) is 18.5. The molecule has 2 saturated heterocycles. The highest BCUT2D eigenvalue weighted by Gasteiger charge is 2.35. The molecule has 0 spiro atoms. The van der Waals surface area contributed by atoms with E-state index >= 15 is 0 Å². The van der Waals surface area contributed by atoms with Gasteiger partial charge in [-0.25, -0.2) is 9.78 Å². The van der Waals surface area contributed by atoms with E-state index in [1.165, 1.54) is 11.8 Å². The third kappa shape index (κ3) is 5.37. The van der Waals surface area contributed by atoms with Gasteiger partial charge in [-0.2, -0.15) is 0 Å². The van der Waals surface area contributed by atoms with Crippen LogP contribution in [-0.2, 0) is 9.53 Å². The Bertz CT molecular complexity index is 1360. The monoisotopic (exact) mass is 534 g/mol. The summed E-state index contributed by atoms with van der Waals surface area (Å²) in [6.45, 7) is 3.72. The van der Waals surface area contributed by atoms with Crippen molar-refractivity contribution >= 4 is 46.0 Å². The van der Waals surface area contributed by atoms with Crippen LogP contribution in [0.4, 0.5) is 16.2 Å². The van der Waals surface area contributed by atoms with Crippen molar-refractivity contribution in [2.75, 3.05) is 55.9 Å². The number of thioether (sulfide) groups is 1. The predicted octanol–water partition coefficient (Wildman–Crippen LogP) is 4.40. The molecule has 0 bridgehead atoms. The molecule has 0 radical (unpaired) electrons. The number of fused-ring (bicyclic) bond motifs is 2. The molecule has 3 aromatic rings. The van der Waals surface area contributed by atoms with Crippen molar-refractivity contribution in [1.29, 1.82) is 0 Å². The second-order valence-corrected chi connectivity index (χ2v) is 10.9. The van der Waals surface area contributed by atoms with E-state index in [9.17, 15) is 9.59 Å². The first-order valence-electron chi connectivity index (χ1n) is 12.9. The van der Waals surface area contributed by atoms with Gasteiger partial charge in [-0.1, -0.05) is 0 Å². The molecular weight excluding hydrogens is 504 g/mol. The fourth-order valence-corrected chi connectivity index (χ4v) is 5.97. The van der Waals surface area contributed by atoms with Gasteiger partial charge < -0.3 is 19.5 Å². The minimum atomic E-state index is -0.339. The number of likely N-dealkylation sites (tertiary alicyclic amines) is 1. The number of carbonyl (C=O) groups excluding carboxylic acids is 2. The number of piperidine rings is 1. The lowest BCUT2D eigenvalue weighted by Gasteiger charge is -2.32. The number of aromatic nitrogens is 1. The van der Waals surface area contributed by atoms with Gasteiger partial charge in [-0.3, -0.25) is 14.6 Å². The van der Waals surface area contributed by atoms with Crippen LogP contribution >= 0.6 is 11.8 Å². The molecule has 3 aliphatic heterocycles. The van der Waals surface area contributed by atoms with E-state index in [2.05, 4.69) is 15.2 Å². The summed E-state index contributed by atoms with van der Waals surface area (Å²) >= 11 is 1.51. The Kier molecular flexibility index (Phi) is 6.99. The van der Waals surface area contributed by atoms with Crippen molar-refractivity contribution in [3.8, 4) is 11.6 Å². The highest BCUT2D eigenvalue weighted by atomic mass is 32.2. The molecule has 0 aliphatic carbocycles. The molecule has 38 heavy (non-hydrogen) atoms. The molecule has 6 rings (SSSR count). The normalized spacial score (nSPS) is 20.2. The maximum atomic E-state index is 12.6. The quantitative estimate of drug-likeness (QED) is 0.477. The Balaban J connectivity index is 0.983. The van der Waals surface area contributed by atoms with E-state index in [0.717, 1.165) is 58.9 Å². The van der Waals surface area contributed by atoms with E-state index < -0.39 is 0 Å². The average Bonchev–Trinajstić information content (AvgIpc) is 3.31. The third-order valence-electron chi connectivity index (χ3n) is 7.29. The van der Waals surface area contributed by atoms with Gasteiger partial charge in [0, 0.05) is 34.6 Å². The molecule has 1 N–H and O–H groups in total. The number of hydrogen-bond acceptors (Lipinski definition) is 8. The largest absolute Gasteiger partial charge is 0.497 e. The number of amides is 2. The van der Waals surface area contributed by atoms with Gasteiger partial charge in [0.1, 0.15) is 11.9 Å². The number of methoxy groups -OCH3 is 1. The van der Waals surface area contributed by atoms with E-state index in [0.29, 0.717) is 37.2 Å². The zero-order valence-electron chi connectivity index (χ0n) is 21.2. The van der Waals surface area contributed by atoms with Crippen molar-refractivity contribution in [2.24, 2.45) is 5.92 Å². The zero-order chi connectivity index (χ0) is 26.1. The van der Waals surface area contributed by atoms with Gasteiger partial charge in [0.2, 0.25) is 11.8 Å². The van der Waals surface area contributed by atoms with Crippen molar-refractivity contribution in [3.05, 3.63) is 48.5 Å². The van der Waals surface area contributed by atoms with E-state index in [1.54, 1.807) is 12.0 Å². The average molecular weight is 535 g/mol. The lowest BCUT2D eigenvalue weighted by molar-refractivity contribution is -0.113. The Labute approximate surface area is 225 Å². The van der Waals surface area contributed by atoms with Crippen LogP contribution in [0.3, 0.4) is 0 Å². The molecule has 10 heteroatoms. The number of benzene rings is 2. The van der Waals surface area contributed by atoms with Gasteiger partial charge in [0.05, 0.1) is 37.2 Å². The topological polar surface area (TPSA) is 93.2 Å². The van der Waals surface area contributed by atoms with Crippen LogP contribution in [-0.4, -0.2) is 73.6 Å². The van der Waals surface area contributed by atoms with Crippen LogP contribution in [0.5, 0.6) is 11.6 Å². The van der Waals surface area contributed by atoms with Gasteiger partial charge in [-0.15, -0.1) is 11.8 Å². The number of ether oxygens (including phenoxy) is 3. The number of nitrogens with zero attached hydrogens (tertiary/aromatic N) is 3. The van der Waals surface area contributed by atoms with Crippen LogP contribution in [0.15, 0.2) is 53.4 Å². The summed E-state index contributed by atoms with van der Waals surface area (Å²) in [7, 11) is 1.65. The summed E-state index contributed by atoms with van der Waals surface area (Å²) in [4.78, 5) is 34.0. The summed E-state index contributed by atoms with van der Waals surface area (Å²) in [5.41, 5.74) is 2.36. The van der Waals surface area contributed by atoms with Crippen molar-refractivity contribution in [3.63, 3.8) is 0 Å². The maximum absolute atomic E-state index is 12.6. The maximum Gasteiger partial charge on any atom is 0.414 e. The Morgan fingerprint density at radius 3 is 2.79 bits per heavy atom. The van der Waals surface area contributed by atoms with Gasteiger partial charge >= 0.3 is 6.09 Å². The van der Waals surface area contributed by atoms with Gasteiger partial charge in [-0.05, 0) is 68.2 Å². The number of hydrogen-bond donors (Lipinski definition) is 1. The molecule has 1 unspecified atom stereocenters. The number of rotatable bonds is 7. The second kappa shape index (κ2) is 10.7. The number of nitrogens with one attached hydrogen (secondary N) is 1. The smallest absolute Gasteiger partial charge is 0.414 e. The summed E-state index contributed by atoms with van der Waals surface area (Å²) in [5.74, 6) is 2.26. The third-order valence-corrected chi connectivity index (χ3v) is 8.36. The van der Waals surface area contributed by atoms with Crippen molar-refractivity contribution in [2.45, 2.75) is 23.8 Å². The number of carbonyl (C=O) groups is 2. The van der Waals surface area contributed by atoms with Crippen molar-refractivity contribution < 1.29 is 23.8 Å². The lowest BCUT2D eigenvalue weighted by Crippen LogP contribution is -2.41. The fraction of sp³-hybridized carbons (Fsp3) is 0.393. The highest BCUT2D eigenvalue weighted by molar-refractivity contribution is 8.00. The predicted molar refractivity (Wildman–Crippen MR) is 146 cm³/mol. The van der Waals surface area contributed by atoms with Crippen LogP contribution in [0.25, 0.3) is 10.9 Å². The first kappa shape index (κ1) is 24.8. The molecule has 0 saturated carbocycles. The number of pyridine rings is 1. The molecule has 198 valence electrons. The van der Waals surface area contributed by atoms with Crippen molar-refractivity contribution in [1.82, 2.24) is 9.88 Å². The molecule has 4 heterocycles. The summed E-state index contributed by atoms with van der Waals surface area (Å²) in [5, 5.41) is 3.94. The second-order valence-electron chi connectivity index (χ2n) is 9.90. The minimum Gasteiger partial charge on any atom is -0.497 e. The van der Waals surface area contributed by atoms with Crippen LogP contribution in [0.2, 0.25) is 0 Å². The van der Waals surface area contributed by atoms with E-state index in [4.69, 9.17) is 14.2 Å².